The molecule has 2 unspecified atom stereocenters. The Labute approximate surface area is 123 Å². The summed E-state index contributed by atoms with van der Waals surface area (Å²) in [5.74, 6) is -0.859. The second-order valence-corrected chi connectivity index (χ2v) is 7.99. The fourth-order valence-electron chi connectivity index (χ4n) is 2.61. The fourth-order valence-corrected chi connectivity index (χ4v) is 4.72. The minimum absolute atomic E-state index is 0.0423. The lowest BCUT2D eigenvalue weighted by Gasteiger charge is -2.28. The lowest BCUT2D eigenvalue weighted by molar-refractivity contribution is -0.140. The van der Waals surface area contributed by atoms with E-state index >= 15 is 0 Å². The minimum atomic E-state index is -3.09. The third-order valence-corrected chi connectivity index (χ3v) is 5.60. The molecule has 1 aliphatic rings. The minimum Gasteiger partial charge on any atom is -0.508 e. The van der Waals surface area contributed by atoms with E-state index in [1.807, 2.05) is 0 Å². The molecular weight excluding hydrogens is 294 g/mol. The number of phenols is 1. The summed E-state index contributed by atoms with van der Waals surface area (Å²) >= 11 is 0. The quantitative estimate of drug-likeness (QED) is 0.733. The molecular formula is C14H19NO5S. The van der Waals surface area contributed by atoms with Crippen LogP contribution in [0.2, 0.25) is 0 Å². The van der Waals surface area contributed by atoms with Gasteiger partial charge in [-0.2, -0.15) is 0 Å². The van der Waals surface area contributed by atoms with Crippen LogP contribution in [-0.4, -0.2) is 47.7 Å². The summed E-state index contributed by atoms with van der Waals surface area (Å²) in [6.45, 7) is 1.74. The number of nitrogens with one attached hydrogen (secondary N) is 1. The monoisotopic (exact) mass is 313 g/mol. The first-order chi connectivity index (χ1) is 9.69. The van der Waals surface area contributed by atoms with E-state index in [0.29, 0.717) is 6.42 Å². The normalized spacial score (nSPS) is 25.6. The lowest BCUT2D eigenvalue weighted by atomic mass is 9.97. The third kappa shape index (κ3) is 4.18. The average Bonchev–Trinajstić information content (AvgIpc) is 2.65. The Morgan fingerprint density at radius 3 is 2.48 bits per heavy atom. The molecule has 3 N–H and O–H groups in total. The van der Waals surface area contributed by atoms with Gasteiger partial charge < -0.3 is 10.2 Å². The summed E-state index contributed by atoms with van der Waals surface area (Å²) in [6.07, 6.45) is 0.639. The van der Waals surface area contributed by atoms with Gasteiger partial charge in [0.15, 0.2) is 9.84 Å². The Bertz CT molecular complexity index is 625. The van der Waals surface area contributed by atoms with E-state index in [2.05, 4.69) is 5.32 Å². The number of carboxylic acid groups (broad SMARTS) is 1. The summed E-state index contributed by atoms with van der Waals surface area (Å²) in [7, 11) is -3.09. The van der Waals surface area contributed by atoms with Gasteiger partial charge in [0.25, 0.3) is 0 Å². The number of rotatable bonds is 5. The number of hydrogen-bond acceptors (Lipinski definition) is 5. The van der Waals surface area contributed by atoms with Crippen molar-refractivity contribution in [3.63, 3.8) is 0 Å². The van der Waals surface area contributed by atoms with Crippen LogP contribution in [0.1, 0.15) is 18.9 Å². The molecule has 0 spiro atoms. The molecule has 1 heterocycles. The topological polar surface area (TPSA) is 104 Å². The molecule has 0 bridgehead atoms. The smallest absolute Gasteiger partial charge is 0.321 e. The Kier molecular flexibility index (Phi) is 4.25. The number of aliphatic carboxylic acids is 1. The highest BCUT2D eigenvalue weighted by Crippen LogP contribution is 2.24. The zero-order chi connectivity index (χ0) is 15.7. The van der Waals surface area contributed by atoms with Crippen molar-refractivity contribution in [2.45, 2.75) is 31.3 Å². The molecule has 0 radical (unpaired) electrons. The van der Waals surface area contributed by atoms with Crippen molar-refractivity contribution in [1.29, 1.82) is 0 Å². The second kappa shape index (κ2) is 5.65. The van der Waals surface area contributed by atoms with Crippen LogP contribution in [0.15, 0.2) is 24.3 Å². The van der Waals surface area contributed by atoms with Crippen LogP contribution in [0.3, 0.4) is 0 Å². The average molecular weight is 313 g/mol. The molecule has 0 amide bonds. The molecule has 1 saturated heterocycles. The zero-order valence-corrected chi connectivity index (χ0v) is 12.6. The van der Waals surface area contributed by atoms with Gasteiger partial charge >= 0.3 is 5.97 Å². The number of benzene rings is 1. The van der Waals surface area contributed by atoms with Crippen LogP contribution in [0.5, 0.6) is 5.75 Å². The van der Waals surface area contributed by atoms with Crippen molar-refractivity contribution < 1.29 is 23.4 Å². The van der Waals surface area contributed by atoms with Crippen molar-refractivity contribution in [2.75, 3.05) is 11.5 Å². The number of carboxylic acids is 1. The van der Waals surface area contributed by atoms with Crippen molar-refractivity contribution in [1.82, 2.24) is 5.32 Å². The van der Waals surface area contributed by atoms with E-state index in [9.17, 15) is 23.4 Å². The molecule has 1 aromatic rings. The molecule has 6 nitrogen and oxygen atoms in total. The maximum absolute atomic E-state index is 11.6. The first-order valence-corrected chi connectivity index (χ1v) is 8.50. The molecule has 2 rings (SSSR count). The predicted molar refractivity (Wildman–Crippen MR) is 78.0 cm³/mol. The molecule has 116 valence electrons. The molecule has 7 heteroatoms. The Morgan fingerprint density at radius 2 is 2.00 bits per heavy atom. The van der Waals surface area contributed by atoms with Gasteiger partial charge in [0.2, 0.25) is 0 Å². The second-order valence-electron chi connectivity index (χ2n) is 5.81. The summed E-state index contributed by atoms with van der Waals surface area (Å²) in [5.41, 5.74) is 0.0517. The van der Waals surface area contributed by atoms with E-state index in [1.54, 1.807) is 19.1 Å². The first-order valence-electron chi connectivity index (χ1n) is 6.68. The molecule has 1 aromatic carbocycles. The molecule has 0 aromatic heterocycles. The molecule has 0 aliphatic carbocycles. The number of aromatic hydroxyl groups is 1. The van der Waals surface area contributed by atoms with Gasteiger partial charge in [-0.15, -0.1) is 0 Å². The van der Waals surface area contributed by atoms with E-state index in [0.717, 1.165) is 5.56 Å². The standard InChI is InChI=1S/C14H19NO5S/c1-14(6-7-21(19,20)9-14)15-12(13(17)18)8-10-2-4-11(16)5-3-10/h2-5,12,15-16H,6-9H2,1H3,(H,17,18). The molecule has 1 aliphatic heterocycles. The van der Waals surface area contributed by atoms with E-state index in [-0.39, 0.29) is 23.7 Å². The van der Waals surface area contributed by atoms with Crippen molar-refractivity contribution >= 4 is 15.8 Å². The molecule has 1 fully saturated rings. The Balaban J connectivity index is 2.10. The largest absolute Gasteiger partial charge is 0.508 e. The maximum Gasteiger partial charge on any atom is 0.321 e. The van der Waals surface area contributed by atoms with E-state index < -0.39 is 27.4 Å². The van der Waals surface area contributed by atoms with Crippen molar-refractivity contribution in [3.05, 3.63) is 29.8 Å². The highest BCUT2D eigenvalue weighted by Gasteiger charge is 2.40. The van der Waals surface area contributed by atoms with Gasteiger partial charge in [0.1, 0.15) is 11.8 Å². The predicted octanol–water partition coefficient (Wildman–Crippen LogP) is 0.555. The van der Waals surface area contributed by atoms with Gasteiger partial charge in [-0.25, -0.2) is 8.42 Å². The van der Waals surface area contributed by atoms with Gasteiger partial charge in [-0.3, -0.25) is 10.1 Å². The summed E-state index contributed by atoms with van der Waals surface area (Å²) in [6, 6.07) is 5.43. The van der Waals surface area contributed by atoms with Crippen LogP contribution in [-0.2, 0) is 21.1 Å². The lowest BCUT2D eigenvalue weighted by Crippen LogP contribution is -2.53. The van der Waals surface area contributed by atoms with Crippen LogP contribution in [0, 0.1) is 0 Å². The third-order valence-electron chi connectivity index (χ3n) is 3.70. The summed E-state index contributed by atoms with van der Waals surface area (Å²) in [4.78, 5) is 11.4. The van der Waals surface area contributed by atoms with Crippen molar-refractivity contribution in [2.24, 2.45) is 0 Å². The number of phenolic OH excluding ortho intramolecular Hbond substituents is 1. The molecule has 21 heavy (non-hydrogen) atoms. The van der Waals surface area contributed by atoms with E-state index in [4.69, 9.17) is 0 Å². The Morgan fingerprint density at radius 1 is 1.38 bits per heavy atom. The summed E-state index contributed by atoms with van der Waals surface area (Å²) < 4.78 is 23.2. The van der Waals surface area contributed by atoms with Crippen molar-refractivity contribution in [3.8, 4) is 5.75 Å². The van der Waals surface area contributed by atoms with E-state index in [1.165, 1.54) is 12.1 Å². The number of sulfone groups is 1. The van der Waals surface area contributed by atoms with Gasteiger partial charge in [0.05, 0.1) is 11.5 Å². The SMILES string of the molecule is CC1(NC(Cc2ccc(O)cc2)C(=O)O)CCS(=O)(=O)C1. The zero-order valence-electron chi connectivity index (χ0n) is 11.7. The highest BCUT2D eigenvalue weighted by molar-refractivity contribution is 7.91. The first kappa shape index (κ1) is 15.8. The van der Waals surface area contributed by atoms with Crippen LogP contribution in [0.25, 0.3) is 0 Å². The van der Waals surface area contributed by atoms with Gasteiger partial charge in [0, 0.05) is 5.54 Å². The summed E-state index contributed by atoms with van der Waals surface area (Å²) in [5, 5.41) is 21.5. The number of hydrogen-bond donors (Lipinski definition) is 3. The number of carbonyl (C=O) groups is 1. The van der Waals surface area contributed by atoms with Gasteiger partial charge in [-0.05, 0) is 37.5 Å². The van der Waals surface area contributed by atoms with Crippen LogP contribution >= 0.6 is 0 Å². The Hall–Kier alpha value is -1.60. The van der Waals surface area contributed by atoms with Crippen LogP contribution < -0.4 is 5.32 Å². The molecule has 0 saturated carbocycles. The van der Waals surface area contributed by atoms with Crippen LogP contribution in [0.4, 0.5) is 0 Å². The maximum atomic E-state index is 11.6. The molecule has 2 atom stereocenters. The van der Waals surface area contributed by atoms with Gasteiger partial charge in [-0.1, -0.05) is 12.1 Å². The fraction of sp³-hybridized carbons (Fsp3) is 0.500. The highest BCUT2D eigenvalue weighted by atomic mass is 32.2.